The SMILES string of the molecule is Cc1ccc(-c2ncc(C(=O)N(C)C3CCN(c4ccccn4)CC3)s2)c(C)c1. The van der Waals surface area contributed by atoms with E-state index in [0.717, 1.165) is 42.3 Å². The third-order valence-electron chi connectivity index (χ3n) is 5.63. The molecule has 0 saturated carbocycles. The molecule has 1 amide bonds. The van der Waals surface area contributed by atoms with Crippen LogP contribution in [0.5, 0.6) is 0 Å². The van der Waals surface area contributed by atoms with Crippen LogP contribution in [0.1, 0.15) is 33.6 Å². The van der Waals surface area contributed by atoms with Crippen molar-refractivity contribution in [1.82, 2.24) is 14.9 Å². The minimum atomic E-state index is 0.0646. The van der Waals surface area contributed by atoms with Crippen molar-refractivity contribution in [3.8, 4) is 10.6 Å². The highest BCUT2D eigenvalue weighted by molar-refractivity contribution is 7.16. The first-order valence-corrected chi connectivity index (χ1v) is 10.8. The molecule has 0 bridgehead atoms. The average molecular weight is 407 g/mol. The van der Waals surface area contributed by atoms with Crippen LogP contribution < -0.4 is 4.90 Å². The van der Waals surface area contributed by atoms with Crippen LogP contribution in [0, 0.1) is 13.8 Å². The minimum Gasteiger partial charge on any atom is -0.356 e. The minimum absolute atomic E-state index is 0.0646. The summed E-state index contributed by atoms with van der Waals surface area (Å²) in [6.07, 6.45) is 5.44. The molecule has 0 spiro atoms. The van der Waals surface area contributed by atoms with E-state index < -0.39 is 0 Å². The molecule has 4 rings (SSSR count). The molecule has 29 heavy (non-hydrogen) atoms. The standard InChI is InChI=1S/C23H26N4OS/c1-16-7-8-19(17(2)14-16)22-25-15-20(29-22)23(28)26(3)18-9-12-27(13-10-18)21-6-4-5-11-24-21/h4-8,11,14-15,18H,9-10,12-13H2,1-3H3. The predicted molar refractivity (Wildman–Crippen MR) is 119 cm³/mol. The van der Waals surface area contributed by atoms with Gasteiger partial charge in [0.15, 0.2) is 0 Å². The molecule has 0 atom stereocenters. The van der Waals surface area contributed by atoms with E-state index in [4.69, 9.17) is 0 Å². The molecule has 1 aliphatic rings. The highest BCUT2D eigenvalue weighted by atomic mass is 32.1. The summed E-state index contributed by atoms with van der Waals surface area (Å²) in [6.45, 7) is 6.00. The van der Waals surface area contributed by atoms with Crippen LogP contribution in [0.15, 0.2) is 48.8 Å². The van der Waals surface area contributed by atoms with E-state index in [1.807, 2.05) is 36.3 Å². The number of hydrogen-bond acceptors (Lipinski definition) is 5. The number of benzene rings is 1. The smallest absolute Gasteiger partial charge is 0.265 e. The van der Waals surface area contributed by atoms with Crippen LogP contribution in [0.2, 0.25) is 0 Å². The Balaban J connectivity index is 1.42. The number of carbonyl (C=O) groups is 1. The number of pyridine rings is 1. The number of aromatic nitrogens is 2. The van der Waals surface area contributed by atoms with Gasteiger partial charge >= 0.3 is 0 Å². The van der Waals surface area contributed by atoms with Crippen molar-refractivity contribution in [2.24, 2.45) is 0 Å². The van der Waals surface area contributed by atoms with Crippen LogP contribution in [0.3, 0.4) is 0 Å². The van der Waals surface area contributed by atoms with Gasteiger partial charge in [-0.2, -0.15) is 0 Å². The predicted octanol–water partition coefficient (Wildman–Crippen LogP) is 4.56. The molecule has 0 N–H and O–H groups in total. The van der Waals surface area contributed by atoms with E-state index in [2.05, 4.69) is 46.9 Å². The highest BCUT2D eigenvalue weighted by Crippen LogP contribution is 2.30. The molecule has 1 aromatic carbocycles. The van der Waals surface area contributed by atoms with Crippen molar-refractivity contribution in [3.05, 3.63) is 64.8 Å². The summed E-state index contributed by atoms with van der Waals surface area (Å²) in [6, 6.07) is 12.6. The van der Waals surface area contributed by atoms with Crippen LogP contribution >= 0.6 is 11.3 Å². The van der Waals surface area contributed by atoms with Crippen LogP contribution in [-0.2, 0) is 0 Å². The van der Waals surface area contributed by atoms with E-state index in [1.165, 1.54) is 22.5 Å². The zero-order valence-corrected chi connectivity index (χ0v) is 17.9. The maximum Gasteiger partial charge on any atom is 0.265 e. The maximum absolute atomic E-state index is 13.0. The molecule has 3 heterocycles. The van der Waals surface area contributed by atoms with Crippen LogP contribution in [-0.4, -0.2) is 47.0 Å². The first kappa shape index (κ1) is 19.6. The Morgan fingerprint density at radius 3 is 2.62 bits per heavy atom. The lowest BCUT2D eigenvalue weighted by Crippen LogP contribution is -2.45. The molecule has 0 radical (unpaired) electrons. The first-order valence-electron chi connectivity index (χ1n) is 9.99. The van der Waals surface area contributed by atoms with Gasteiger partial charge in [-0.25, -0.2) is 9.97 Å². The summed E-state index contributed by atoms with van der Waals surface area (Å²) in [4.78, 5) is 26.9. The van der Waals surface area contributed by atoms with E-state index in [0.29, 0.717) is 4.88 Å². The largest absolute Gasteiger partial charge is 0.356 e. The Morgan fingerprint density at radius 2 is 1.93 bits per heavy atom. The molecule has 1 aliphatic heterocycles. The lowest BCUT2D eigenvalue weighted by Gasteiger charge is -2.37. The molecule has 1 fully saturated rings. The average Bonchev–Trinajstić information content (AvgIpc) is 3.23. The summed E-state index contributed by atoms with van der Waals surface area (Å²) in [5, 5.41) is 0.907. The van der Waals surface area contributed by atoms with E-state index >= 15 is 0 Å². The van der Waals surface area contributed by atoms with Crippen molar-refractivity contribution in [1.29, 1.82) is 0 Å². The number of anilines is 1. The molecular formula is C23H26N4OS. The second kappa shape index (κ2) is 8.33. The number of carbonyl (C=O) groups excluding carboxylic acids is 1. The van der Waals surface area contributed by atoms with Gasteiger partial charge in [-0.05, 0) is 44.4 Å². The zero-order chi connectivity index (χ0) is 20.4. The van der Waals surface area contributed by atoms with Gasteiger partial charge in [-0.3, -0.25) is 4.79 Å². The molecule has 1 saturated heterocycles. The van der Waals surface area contributed by atoms with Gasteiger partial charge in [0.25, 0.3) is 5.91 Å². The van der Waals surface area contributed by atoms with Gasteiger partial charge < -0.3 is 9.80 Å². The Bertz CT molecular complexity index is 993. The van der Waals surface area contributed by atoms with E-state index in [9.17, 15) is 4.79 Å². The van der Waals surface area contributed by atoms with Crippen molar-refractivity contribution in [2.45, 2.75) is 32.7 Å². The molecular weight excluding hydrogens is 380 g/mol. The van der Waals surface area contributed by atoms with Crippen LogP contribution in [0.25, 0.3) is 10.6 Å². The van der Waals surface area contributed by atoms with Crippen LogP contribution in [0.4, 0.5) is 5.82 Å². The van der Waals surface area contributed by atoms with Gasteiger partial charge in [0.1, 0.15) is 15.7 Å². The van der Waals surface area contributed by atoms with Gasteiger partial charge in [0.2, 0.25) is 0 Å². The van der Waals surface area contributed by atoms with Crippen molar-refractivity contribution in [2.75, 3.05) is 25.0 Å². The second-order valence-corrected chi connectivity index (χ2v) is 8.70. The fourth-order valence-electron chi connectivity index (χ4n) is 3.91. The third kappa shape index (κ3) is 4.17. The fourth-order valence-corrected chi connectivity index (χ4v) is 4.90. The summed E-state index contributed by atoms with van der Waals surface area (Å²) >= 11 is 1.48. The molecule has 150 valence electrons. The Labute approximate surface area is 176 Å². The Kier molecular flexibility index (Phi) is 5.62. The molecule has 0 aliphatic carbocycles. The van der Waals surface area contributed by atoms with Gasteiger partial charge in [0.05, 0.1) is 6.20 Å². The summed E-state index contributed by atoms with van der Waals surface area (Å²) in [5.41, 5.74) is 3.52. The third-order valence-corrected chi connectivity index (χ3v) is 6.65. The zero-order valence-electron chi connectivity index (χ0n) is 17.1. The first-order chi connectivity index (χ1) is 14.0. The lowest BCUT2D eigenvalue weighted by atomic mass is 10.0. The highest BCUT2D eigenvalue weighted by Gasteiger charge is 2.27. The number of piperidine rings is 1. The maximum atomic E-state index is 13.0. The lowest BCUT2D eigenvalue weighted by molar-refractivity contribution is 0.0714. The quantitative estimate of drug-likeness (QED) is 0.637. The van der Waals surface area contributed by atoms with Gasteiger partial charge in [-0.1, -0.05) is 29.8 Å². The number of nitrogens with zero attached hydrogens (tertiary/aromatic N) is 4. The van der Waals surface area contributed by atoms with E-state index in [-0.39, 0.29) is 11.9 Å². The van der Waals surface area contributed by atoms with E-state index in [1.54, 1.807) is 6.20 Å². The monoisotopic (exact) mass is 406 g/mol. The van der Waals surface area contributed by atoms with Gasteiger partial charge in [0, 0.05) is 37.9 Å². The fraction of sp³-hybridized carbons (Fsp3) is 0.348. The topological polar surface area (TPSA) is 49.3 Å². The number of hydrogen-bond donors (Lipinski definition) is 0. The molecule has 5 nitrogen and oxygen atoms in total. The van der Waals surface area contributed by atoms with Gasteiger partial charge in [-0.15, -0.1) is 11.3 Å². The summed E-state index contributed by atoms with van der Waals surface area (Å²) < 4.78 is 0. The Hall–Kier alpha value is -2.73. The number of thiazole rings is 1. The summed E-state index contributed by atoms with van der Waals surface area (Å²) in [5.74, 6) is 1.08. The second-order valence-electron chi connectivity index (χ2n) is 7.67. The Morgan fingerprint density at radius 1 is 1.14 bits per heavy atom. The van der Waals surface area contributed by atoms with Crippen molar-refractivity contribution in [3.63, 3.8) is 0 Å². The number of rotatable bonds is 4. The molecule has 6 heteroatoms. The van der Waals surface area contributed by atoms with Crippen molar-refractivity contribution < 1.29 is 4.79 Å². The number of amides is 1. The summed E-state index contributed by atoms with van der Waals surface area (Å²) in [7, 11) is 1.92. The molecule has 2 aromatic heterocycles. The normalized spacial score (nSPS) is 14.8. The molecule has 0 unspecified atom stereocenters. The van der Waals surface area contributed by atoms with Crippen molar-refractivity contribution >= 4 is 23.1 Å². The number of aryl methyl sites for hydroxylation is 2. The molecule has 3 aromatic rings.